The first-order chi connectivity index (χ1) is 4.34. The summed E-state index contributed by atoms with van der Waals surface area (Å²) < 4.78 is 0. The van der Waals surface area contributed by atoms with E-state index in [1.54, 1.807) is 0 Å². The maximum atomic E-state index is 3.61. The van der Waals surface area contributed by atoms with Crippen molar-refractivity contribution >= 4 is 0 Å². The van der Waals surface area contributed by atoms with Gasteiger partial charge in [-0.1, -0.05) is 31.7 Å². The second-order valence-corrected chi connectivity index (χ2v) is 2.87. The Balaban J connectivity index is 2.06. The summed E-state index contributed by atoms with van der Waals surface area (Å²) in [6.07, 6.45) is 8.77. The van der Waals surface area contributed by atoms with Crippen LogP contribution in [0, 0.1) is 11.8 Å². The molecule has 9 heavy (non-hydrogen) atoms. The molecule has 50 valence electrons. The summed E-state index contributed by atoms with van der Waals surface area (Å²) in [5, 5.41) is 0. The van der Waals surface area contributed by atoms with Gasteiger partial charge < -0.3 is 0 Å². The lowest BCUT2D eigenvalue weighted by Crippen LogP contribution is -1.72. The second kappa shape index (κ2) is 2.86. The Morgan fingerprint density at radius 1 is 1.67 bits per heavy atom. The molecular weight excluding hydrogens is 108 g/mol. The van der Waals surface area contributed by atoms with E-state index in [0.29, 0.717) is 0 Å². The Morgan fingerprint density at radius 2 is 2.33 bits per heavy atom. The highest BCUT2D eigenvalue weighted by Gasteiger charge is 2.30. The van der Waals surface area contributed by atoms with E-state index in [1.165, 1.54) is 12.8 Å². The minimum atomic E-state index is 0.986. The minimum absolute atomic E-state index is 0.986. The Morgan fingerprint density at radius 3 is 2.78 bits per heavy atom. The minimum Gasteiger partial charge on any atom is -0.0991 e. The molecule has 1 rings (SSSR count). The summed E-state index contributed by atoms with van der Waals surface area (Å²) in [4.78, 5) is 0. The van der Waals surface area contributed by atoms with E-state index in [1.807, 2.05) is 12.2 Å². The molecule has 0 N–H and O–H groups in total. The molecule has 2 atom stereocenters. The van der Waals surface area contributed by atoms with Gasteiger partial charge in [-0.2, -0.15) is 0 Å². The first-order valence-corrected chi connectivity index (χ1v) is 3.62. The first kappa shape index (κ1) is 6.60. The van der Waals surface area contributed by atoms with Crippen LogP contribution in [0.1, 0.15) is 19.8 Å². The first-order valence-electron chi connectivity index (χ1n) is 3.62. The number of allylic oxidation sites excluding steroid dienone is 3. The standard InChI is InChI=1S/C9H14/c1-3-4-5-6-9-7-8(9)2/h3-5,8-9H,1,6-7H2,2H3/b5-4+/t8-,9-/m0/s1. The molecule has 0 unspecified atom stereocenters. The van der Waals surface area contributed by atoms with Gasteiger partial charge in [0.1, 0.15) is 0 Å². The van der Waals surface area contributed by atoms with Gasteiger partial charge in [-0.3, -0.25) is 0 Å². The predicted octanol–water partition coefficient (Wildman–Crippen LogP) is 2.77. The third kappa shape index (κ3) is 2.05. The van der Waals surface area contributed by atoms with Gasteiger partial charge in [-0.25, -0.2) is 0 Å². The Kier molecular flexibility index (Phi) is 2.10. The Bertz CT molecular complexity index is 122. The van der Waals surface area contributed by atoms with Crippen LogP contribution in [0.25, 0.3) is 0 Å². The lowest BCUT2D eigenvalue weighted by Gasteiger charge is -1.84. The third-order valence-corrected chi connectivity index (χ3v) is 1.99. The van der Waals surface area contributed by atoms with Gasteiger partial charge >= 0.3 is 0 Å². The lowest BCUT2D eigenvalue weighted by molar-refractivity contribution is 0.766. The smallest absolute Gasteiger partial charge is 0.0316 e. The molecule has 0 bridgehead atoms. The second-order valence-electron chi connectivity index (χ2n) is 2.87. The van der Waals surface area contributed by atoms with Gasteiger partial charge in [-0.15, -0.1) is 0 Å². The van der Waals surface area contributed by atoms with Gasteiger partial charge in [0.25, 0.3) is 0 Å². The van der Waals surface area contributed by atoms with Gasteiger partial charge in [-0.05, 0) is 24.7 Å². The molecule has 1 fully saturated rings. The van der Waals surface area contributed by atoms with Crippen molar-refractivity contribution < 1.29 is 0 Å². The summed E-state index contributed by atoms with van der Waals surface area (Å²) in [6.45, 7) is 5.92. The summed E-state index contributed by atoms with van der Waals surface area (Å²) in [6, 6.07) is 0. The van der Waals surface area contributed by atoms with Gasteiger partial charge in [0.05, 0.1) is 0 Å². The molecule has 0 spiro atoms. The van der Waals surface area contributed by atoms with Crippen molar-refractivity contribution in [3.63, 3.8) is 0 Å². The van der Waals surface area contributed by atoms with Crippen molar-refractivity contribution in [1.29, 1.82) is 0 Å². The Hall–Kier alpha value is -0.520. The zero-order valence-corrected chi connectivity index (χ0v) is 6.01. The summed E-state index contributed by atoms with van der Waals surface area (Å²) in [5.74, 6) is 1.97. The van der Waals surface area contributed by atoms with Gasteiger partial charge in [0.15, 0.2) is 0 Å². The fraction of sp³-hybridized carbons (Fsp3) is 0.556. The highest BCUT2D eigenvalue weighted by Crippen LogP contribution is 2.40. The van der Waals surface area contributed by atoms with Crippen LogP contribution in [0.4, 0.5) is 0 Å². The van der Waals surface area contributed by atoms with E-state index < -0.39 is 0 Å². The summed E-state index contributed by atoms with van der Waals surface area (Å²) >= 11 is 0. The fourth-order valence-electron chi connectivity index (χ4n) is 1.08. The topological polar surface area (TPSA) is 0 Å². The molecule has 0 aromatic rings. The van der Waals surface area contributed by atoms with E-state index in [9.17, 15) is 0 Å². The van der Waals surface area contributed by atoms with Gasteiger partial charge in [0.2, 0.25) is 0 Å². The van der Waals surface area contributed by atoms with Crippen LogP contribution in [0.2, 0.25) is 0 Å². The lowest BCUT2D eigenvalue weighted by atomic mass is 10.2. The molecule has 1 saturated carbocycles. The van der Waals surface area contributed by atoms with Crippen LogP contribution < -0.4 is 0 Å². The monoisotopic (exact) mass is 122 g/mol. The molecule has 0 saturated heterocycles. The molecule has 0 heterocycles. The van der Waals surface area contributed by atoms with Crippen molar-refractivity contribution in [2.75, 3.05) is 0 Å². The largest absolute Gasteiger partial charge is 0.0991 e. The molecule has 0 aromatic carbocycles. The van der Waals surface area contributed by atoms with Crippen molar-refractivity contribution in [3.05, 3.63) is 24.8 Å². The fourth-order valence-corrected chi connectivity index (χ4v) is 1.08. The van der Waals surface area contributed by atoms with Crippen LogP contribution in [0.3, 0.4) is 0 Å². The number of hydrogen-bond donors (Lipinski definition) is 0. The van der Waals surface area contributed by atoms with E-state index in [-0.39, 0.29) is 0 Å². The predicted molar refractivity (Wildman–Crippen MR) is 41.2 cm³/mol. The zero-order valence-electron chi connectivity index (χ0n) is 6.01. The maximum absolute atomic E-state index is 3.61. The van der Waals surface area contributed by atoms with Crippen molar-refractivity contribution in [1.82, 2.24) is 0 Å². The number of rotatable bonds is 3. The van der Waals surface area contributed by atoms with Gasteiger partial charge in [0, 0.05) is 0 Å². The molecule has 0 radical (unpaired) electrons. The average molecular weight is 122 g/mol. The molecule has 0 aliphatic heterocycles. The van der Waals surface area contributed by atoms with E-state index >= 15 is 0 Å². The molecule has 0 nitrogen and oxygen atoms in total. The number of hydrogen-bond acceptors (Lipinski definition) is 0. The molecule has 0 heteroatoms. The van der Waals surface area contributed by atoms with E-state index in [4.69, 9.17) is 0 Å². The van der Waals surface area contributed by atoms with E-state index in [2.05, 4.69) is 19.6 Å². The SMILES string of the molecule is C=C/C=C/C[C@H]1C[C@@H]1C. The summed E-state index contributed by atoms with van der Waals surface area (Å²) in [5.41, 5.74) is 0. The summed E-state index contributed by atoms with van der Waals surface area (Å²) in [7, 11) is 0. The Labute approximate surface area is 57.3 Å². The molecule has 1 aliphatic rings. The zero-order chi connectivity index (χ0) is 6.69. The molecular formula is C9H14. The van der Waals surface area contributed by atoms with Crippen molar-refractivity contribution in [2.24, 2.45) is 11.8 Å². The highest BCUT2D eigenvalue weighted by molar-refractivity contribution is 5.00. The highest BCUT2D eigenvalue weighted by atomic mass is 14.4. The normalized spacial score (nSPS) is 33.0. The van der Waals surface area contributed by atoms with Crippen LogP contribution >= 0.6 is 0 Å². The van der Waals surface area contributed by atoms with Crippen molar-refractivity contribution in [2.45, 2.75) is 19.8 Å². The van der Waals surface area contributed by atoms with E-state index in [0.717, 1.165) is 11.8 Å². The van der Waals surface area contributed by atoms with Crippen LogP contribution in [-0.2, 0) is 0 Å². The maximum Gasteiger partial charge on any atom is -0.0316 e. The van der Waals surface area contributed by atoms with Crippen LogP contribution in [0.5, 0.6) is 0 Å². The quantitative estimate of drug-likeness (QED) is 0.505. The molecule has 0 amide bonds. The average Bonchev–Trinajstić information content (AvgIpc) is 2.48. The molecule has 0 aromatic heterocycles. The van der Waals surface area contributed by atoms with Crippen LogP contribution in [0.15, 0.2) is 24.8 Å². The molecule has 1 aliphatic carbocycles. The van der Waals surface area contributed by atoms with Crippen LogP contribution in [-0.4, -0.2) is 0 Å². The van der Waals surface area contributed by atoms with Crippen molar-refractivity contribution in [3.8, 4) is 0 Å². The third-order valence-electron chi connectivity index (χ3n) is 1.99.